The summed E-state index contributed by atoms with van der Waals surface area (Å²) >= 11 is 0. The van der Waals surface area contributed by atoms with Crippen molar-refractivity contribution in [2.75, 3.05) is 11.4 Å². The molecule has 0 aromatic heterocycles. The highest BCUT2D eigenvalue weighted by molar-refractivity contribution is 5.95. The van der Waals surface area contributed by atoms with E-state index in [0.717, 1.165) is 0 Å². The zero-order chi connectivity index (χ0) is 14.7. The van der Waals surface area contributed by atoms with Gasteiger partial charge in [-0.15, -0.1) is 0 Å². The number of carbonyl (C=O) groups excluding carboxylic acids is 1. The summed E-state index contributed by atoms with van der Waals surface area (Å²) in [5, 5.41) is 8.99. The first-order chi connectivity index (χ1) is 9.52. The van der Waals surface area contributed by atoms with Crippen LogP contribution in [0.15, 0.2) is 24.3 Å². The maximum absolute atomic E-state index is 12.9. The topological polar surface area (TPSA) is 57.6 Å². The van der Waals surface area contributed by atoms with Crippen LogP contribution in [-0.2, 0) is 9.59 Å². The lowest BCUT2D eigenvalue weighted by atomic mass is 10.0. The number of carbonyl (C=O) groups is 2. The Morgan fingerprint density at radius 2 is 1.85 bits per heavy atom. The third-order valence-electron chi connectivity index (χ3n) is 3.85. The van der Waals surface area contributed by atoms with Crippen LogP contribution in [0.2, 0.25) is 0 Å². The van der Waals surface area contributed by atoms with Crippen LogP contribution in [0, 0.1) is 17.7 Å². The number of hydrogen-bond donors (Lipinski definition) is 1. The fourth-order valence-corrected chi connectivity index (χ4v) is 2.74. The average Bonchev–Trinajstić information content (AvgIpc) is 2.91. The first kappa shape index (κ1) is 14.5. The van der Waals surface area contributed by atoms with Crippen LogP contribution in [0.1, 0.15) is 26.2 Å². The largest absolute Gasteiger partial charge is 0.481 e. The molecule has 1 aliphatic carbocycles. The number of aliphatic carboxylic acids is 1. The highest BCUT2D eigenvalue weighted by atomic mass is 19.1. The van der Waals surface area contributed by atoms with Gasteiger partial charge in [-0.3, -0.25) is 9.59 Å². The smallest absolute Gasteiger partial charge is 0.306 e. The van der Waals surface area contributed by atoms with Crippen molar-refractivity contribution >= 4 is 17.6 Å². The minimum absolute atomic E-state index is 0.0668. The van der Waals surface area contributed by atoms with Crippen LogP contribution in [0.5, 0.6) is 0 Å². The van der Waals surface area contributed by atoms with Gasteiger partial charge in [0.1, 0.15) is 5.82 Å². The summed E-state index contributed by atoms with van der Waals surface area (Å²) < 4.78 is 12.9. The van der Waals surface area contributed by atoms with E-state index in [1.54, 1.807) is 17.0 Å². The van der Waals surface area contributed by atoms with Gasteiger partial charge in [0.05, 0.1) is 5.92 Å². The van der Waals surface area contributed by atoms with Crippen molar-refractivity contribution in [3.05, 3.63) is 30.1 Å². The maximum atomic E-state index is 12.9. The van der Waals surface area contributed by atoms with E-state index in [0.29, 0.717) is 31.5 Å². The van der Waals surface area contributed by atoms with E-state index in [9.17, 15) is 14.0 Å². The molecule has 4 nitrogen and oxygen atoms in total. The fraction of sp³-hybridized carbons (Fsp3) is 0.467. The number of hydrogen-bond acceptors (Lipinski definition) is 2. The number of anilines is 1. The van der Waals surface area contributed by atoms with E-state index in [1.165, 1.54) is 12.1 Å². The van der Waals surface area contributed by atoms with E-state index < -0.39 is 11.9 Å². The van der Waals surface area contributed by atoms with Gasteiger partial charge in [-0.25, -0.2) is 4.39 Å². The van der Waals surface area contributed by atoms with Gasteiger partial charge in [-0.1, -0.05) is 0 Å². The van der Waals surface area contributed by atoms with Crippen molar-refractivity contribution in [3.63, 3.8) is 0 Å². The molecule has 0 heterocycles. The zero-order valence-corrected chi connectivity index (χ0v) is 11.4. The molecular weight excluding hydrogens is 261 g/mol. The Morgan fingerprint density at radius 1 is 1.25 bits per heavy atom. The first-order valence-electron chi connectivity index (χ1n) is 6.82. The van der Waals surface area contributed by atoms with Gasteiger partial charge in [-0.2, -0.15) is 0 Å². The lowest BCUT2D eigenvalue weighted by Gasteiger charge is -2.24. The van der Waals surface area contributed by atoms with Gasteiger partial charge >= 0.3 is 5.97 Å². The molecule has 108 valence electrons. The van der Waals surface area contributed by atoms with Crippen LogP contribution in [-0.4, -0.2) is 23.5 Å². The lowest BCUT2D eigenvalue weighted by molar-refractivity contribution is -0.141. The average molecular weight is 279 g/mol. The van der Waals surface area contributed by atoms with Crippen LogP contribution < -0.4 is 4.90 Å². The van der Waals surface area contributed by atoms with E-state index in [-0.39, 0.29) is 17.6 Å². The molecule has 5 heteroatoms. The number of benzene rings is 1. The zero-order valence-electron chi connectivity index (χ0n) is 11.4. The van der Waals surface area contributed by atoms with E-state index in [2.05, 4.69) is 0 Å². The highest BCUT2D eigenvalue weighted by Gasteiger charge is 2.35. The van der Waals surface area contributed by atoms with Gasteiger partial charge in [0.25, 0.3) is 0 Å². The molecule has 0 saturated heterocycles. The van der Waals surface area contributed by atoms with Crippen molar-refractivity contribution in [1.82, 2.24) is 0 Å². The van der Waals surface area contributed by atoms with Crippen LogP contribution in [0.4, 0.5) is 10.1 Å². The number of amides is 1. The minimum Gasteiger partial charge on any atom is -0.481 e. The van der Waals surface area contributed by atoms with Crippen LogP contribution in [0.25, 0.3) is 0 Å². The fourth-order valence-electron chi connectivity index (χ4n) is 2.74. The Hall–Kier alpha value is -1.91. The second-order valence-corrected chi connectivity index (χ2v) is 5.10. The third-order valence-corrected chi connectivity index (χ3v) is 3.85. The molecule has 2 atom stereocenters. The SMILES string of the molecule is CCN(C(=O)C1CCC(C(=O)O)C1)c1ccc(F)cc1. The van der Waals surface area contributed by atoms with Crippen molar-refractivity contribution in [2.45, 2.75) is 26.2 Å². The quantitative estimate of drug-likeness (QED) is 0.921. The Balaban J connectivity index is 2.10. The van der Waals surface area contributed by atoms with Gasteiger partial charge < -0.3 is 10.0 Å². The molecule has 1 aliphatic rings. The number of nitrogens with zero attached hydrogens (tertiary/aromatic N) is 1. The van der Waals surface area contributed by atoms with E-state index in [4.69, 9.17) is 5.11 Å². The summed E-state index contributed by atoms with van der Waals surface area (Å²) in [6.45, 7) is 2.34. The van der Waals surface area contributed by atoms with Gasteiger partial charge in [0.15, 0.2) is 0 Å². The van der Waals surface area contributed by atoms with Crippen LogP contribution in [0.3, 0.4) is 0 Å². The minimum atomic E-state index is -0.829. The van der Waals surface area contributed by atoms with Crippen molar-refractivity contribution < 1.29 is 19.1 Å². The normalized spacial score (nSPS) is 21.7. The Labute approximate surface area is 117 Å². The second-order valence-electron chi connectivity index (χ2n) is 5.10. The molecule has 1 saturated carbocycles. The van der Waals surface area contributed by atoms with E-state index in [1.807, 2.05) is 6.92 Å². The van der Waals surface area contributed by atoms with Crippen molar-refractivity contribution in [1.29, 1.82) is 0 Å². The number of rotatable bonds is 4. The van der Waals surface area contributed by atoms with E-state index >= 15 is 0 Å². The van der Waals surface area contributed by atoms with Crippen molar-refractivity contribution in [3.8, 4) is 0 Å². The standard InChI is InChI=1S/C15H18FNO3/c1-2-17(13-7-5-12(16)6-8-13)14(18)10-3-4-11(9-10)15(19)20/h5-8,10-11H,2-4,9H2,1H3,(H,19,20). The maximum Gasteiger partial charge on any atom is 0.306 e. The Bertz CT molecular complexity index is 500. The molecule has 0 bridgehead atoms. The molecular formula is C15H18FNO3. The molecule has 2 rings (SSSR count). The number of carboxylic acid groups (broad SMARTS) is 1. The number of halogens is 1. The summed E-state index contributed by atoms with van der Waals surface area (Å²) in [6, 6.07) is 5.78. The molecule has 0 aliphatic heterocycles. The molecule has 2 unspecified atom stereocenters. The lowest BCUT2D eigenvalue weighted by Crippen LogP contribution is -2.35. The van der Waals surface area contributed by atoms with Gasteiger partial charge in [-0.05, 0) is 50.5 Å². The molecule has 0 radical (unpaired) electrons. The predicted molar refractivity (Wildman–Crippen MR) is 72.9 cm³/mol. The second kappa shape index (κ2) is 6.03. The first-order valence-corrected chi connectivity index (χ1v) is 6.82. The van der Waals surface area contributed by atoms with Crippen LogP contribution >= 0.6 is 0 Å². The third kappa shape index (κ3) is 2.98. The monoisotopic (exact) mass is 279 g/mol. The molecule has 1 aromatic carbocycles. The van der Waals surface area contributed by atoms with Gasteiger partial charge in [0, 0.05) is 18.2 Å². The highest BCUT2D eigenvalue weighted by Crippen LogP contribution is 2.33. The molecule has 1 N–H and O–H groups in total. The van der Waals surface area contributed by atoms with Crippen molar-refractivity contribution in [2.24, 2.45) is 11.8 Å². The predicted octanol–water partition coefficient (Wildman–Crippen LogP) is 2.68. The number of carboxylic acids is 1. The summed E-state index contributed by atoms with van der Waals surface area (Å²) in [5.74, 6) is -1.91. The Kier molecular flexibility index (Phi) is 4.37. The summed E-state index contributed by atoms with van der Waals surface area (Å²) in [4.78, 5) is 25.0. The summed E-state index contributed by atoms with van der Waals surface area (Å²) in [5.41, 5.74) is 0.651. The molecule has 20 heavy (non-hydrogen) atoms. The Morgan fingerprint density at radius 3 is 2.35 bits per heavy atom. The molecule has 1 amide bonds. The summed E-state index contributed by atoms with van der Waals surface area (Å²) in [7, 11) is 0. The molecule has 0 spiro atoms. The molecule has 1 aromatic rings. The summed E-state index contributed by atoms with van der Waals surface area (Å²) in [6.07, 6.45) is 1.55. The molecule has 1 fully saturated rings. The van der Waals surface area contributed by atoms with Gasteiger partial charge in [0.2, 0.25) is 5.91 Å².